The summed E-state index contributed by atoms with van der Waals surface area (Å²) in [6.07, 6.45) is 23.8. The molecule has 0 bridgehead atoms. The van der Waals surface area contributed by atoms with Crippen molar-refractivity contribution in [1.29, 1.82) is 0 Å². The summed E-state index contributed by atoms with van der Waals surface area (Å²) in [7, 11) is 11.9. The lowest BCUT2D eigenvalue weighted by Crippen LogP contribution is -2.55. The number of likely N-dealkylation sites (tertiary alicyclic amines) is 7. The average molecular weight is 1540 g/mol. The standard InChI is InChI=1S/C21H32N4O.C19H29N3O.C17H28N4O.C15H21N3O3.C13H17F2N3O/c1-23-11-9-18(10-12-23)22-21(26)25-15-13-24(14-16-25)20-8-4-6-17-5-2-3-7-19(17)20;1-21-11-9-18(10-12-21)20-19(23)22-13-7-17(8-14-22)15-16-5-3-2-4-6-16;1-19-11-6-16(7-12-19)18-17(22)21-10-4-5-15(14-21)13-20-8-2-3-9-20;1-18-8-6-12(7-9-18)16-15(20)17-13-5-3-4-11(10-13)14(19)21-2;1-18-6-4-10(5-7-18)16-13(19)17-12-3-2-9(14)8-11(12)15/h2-3,5,7,18,20H,4,6,8-16H2,1H3,(H,22,26);2-6,17-18H,7-15H2,1H3,(H,20,23);2-3,8-9,15-16H,4-7,10-14H2,1H3,(H,18,22);3-5,10,12H,6-9H2,1-2H3,(H2,16,17,20);2-3,8,10H,4-7H2,1H3,(H2,16,17,19). The molecular formula is C85H127F2N17O7. The number of rotatable bonds is 13. The molecule has 5 aromatic rings. The Bertz CT molecular complexity index is 3640. The molecule has 14 rings (SSSR count). The lowest BCUT2D eigenvalue weighted by Gasteiger charge is -2.42. The van der Waals surface area contributed by atoms with Gasteiger partial charge in [0.25, 0.3) is 0 Å². The van der Waals surface area contributed by atoms with Gasteiger partial charge in [0, 0.05) is 119 Å². The smallest absolute Gasteiger partial charge is 0.337 e. The number of esters is 1. The molecule has 26 heteroatoms. The van der Waals surface area contributed by atoms with Crippen molar-refractivity contribution < 1.29 is 42.3 Å². The lowest BCUT2D eigenvalue weighted by molar-refractivity contribution is 0.0600. The molecule has 4 aromatic carbocycles. The van der Waals surface area contributed by atoms with Gasteiger partial charge in [0.15, 0.2) is 0 Å². The number of carbonyl (C=O) groups excluding carboxylic acids is 6. The molecule has 0 radical (unpaired) electrons. The van der Waals surface area contributed by atoms with Crippen LogP contribution in [0.2, 0.25) is 0 Å². The van der Waals surface area contributed by atoms with E-state index >= 15 is 0 Å². The number of amides is 10. The number of ether oxygens (including phenoxy) is 1. The molecule has 8 saturated heterocycles. The largest absolute Gasteiger partial charge is 0.465 e. The Labute approximate surface area is 658 Å². The van der Waals surface area contributed by atoms with Crippen LogP contribution in [0.5, 0.6) is 0 Å². The second-order valence-corrected chi connectivity index (χ2v) is 32.2. The highest BCUT2D eigenvalue weighted by atomic mass is 19.1. The van der Waals surface area contributed by atoms with Crippen molar-refractivity contribution in [3.63, 3.8) is 0 Å². The van der Waals surface area contributed by atoms with Crippen molar-refractivity contribution >= 4 is 47.5 Å². The summed E-state index contributed by atoms with van der Waals surface area (Å²) in [6, 6.07) is 35.1. The molecule has 8 aliphatic heterocycles. The first-order chi connectivity index (χ1) is 53.7. The zero-order chi connectivity index (χ0) is 78.4. The van der Waals surface area contributed by atoms with E-state index in [0.29, 0.717) is 47.3 Å². The third kappa shape index (κ3) is 28.3. The minimum absolute atomic E-state index is 0.0215. The van der Waals surface area contributed by atoms with Crippen LogP contribution < -0.4 is 37.2 Å². The number of hydrogen-bond donors (Lipinski definition) is 7. The highest BCUT2D eigenvalue weighted by Crippen LogP contribution is 2.35. The SMILES string of the molecule is CN1CCC(NC(=O)N2CCC(Cc3ccccc3)CC2)CC1.CN1CCC(NC(=O)N2CCCC(Cn3cccc3)C2)CC1.CN1CCC(NC(=O)N2CCN(C3CCCc4ccccc43)CC2)CC1.CN1CCC(NC(=O)Nc2ccc(F)cc2F)CC1.COC(=O)c1cccc(NC(=O)NC2CCN(C)CC2)c1. The van der Waals surface area contributed by atoms with E-state index in [-0.39, 0.29) is 41.9 Å². The summed E-state index contributed by atoms with van der Waals surface area (Å²) in [6.45, 7) is 18.6. The Morgan fingerprint density at radius 2 is 0.919 bits per heavy atom. The van der Waals surface area contributed by atoms with E-state index in [4.69, 9.17) is 0 Å². The van der Waals surface area contributed by atoms with Crippen LogP contribution in [0, 0.1) is 23.5 Å². The predicted octanol–water partition coefficient (Wildman–Crippen LogP) is 11.1. The van der Waals surface area contributed by atoms with Gasteiger partial charge in [-0.05, 0) is 287 Å². The van der Waals surface area contributed by atoms with E-state index in [2.05, 4.69) is 183 Å². The second-order valence-electron chi connectivity index (χ2n) is 32.2. The van der Waals surface area contributed by atoms with E-state index in [1.54, 1.807) is 24.3 Å². The minimum atomic E-state index is -0.779. The maximum Gasteiger partial charge on any atom is 0.337 e. The molecule has 2 unspecified atom stereocenters. The number of piperazine rings is 1. The fraction of sp³-hybridized carbons (Fsp3) is 0.600. The number of benzene rings is 4. The zero-order valence-corrected chi connectivity index (χ0v) is 66.9. The number of aryl methyl sites for hydroxylation is 1. The van der Waals surface area contributed by atoms with Crippen molar-refractivity contribution in [3.8, 4) is 0 Å². The van der Waals surface area contributed by atoms with E-state index in [9.17, 15) is 37.5 Å². The van der Waals surface area contributed by atoms with E-state index < -0.39 is 23.6 Å². The fourth-order valence-electron chi connectivity index (χ4n) is 16.5. The first kappa shape index (κ1) is 85.0. The van der Waals surface area contributed by atoms with E-state index in [1.165, 1.54) is 55.5 Å². The molecule has 1 aromatic heterocycles. The number of aromatic nitrogens is 1. The molecule has 9 aliphatic rings. The summed E-state index contributed by atoms with van der Waals surface area (Å²) in [5, 5.41) is 20.6. The number of methoxy groups -OCH3 is 1. The van der Waals surface area contributed by atoms with Gasteiger partial charge in [-0.15, -0.1) is 0 Å². The lowest BCUT2D eigenvalue weighted by atomic mass is 9.86. The van der Waals surface area contributed by atoms with Crippen molar-refractivity contribution in [1.82, 2.24) is 75.3 Å². The summed E-state index contributed by atoms with van der Waals surface area (Å²) in [5.41, 5.74) is 5.42. The normalized spacial score (nSPS) is 21.3. The van der Waals surface area contributed by atoms with E-state index in [1.807, 2.05) is 21.7 Å². The summed E-state index contributed by atoms with van der Waals surface area (Å²) < 4.78 is 33.0. The summed E-state index contributed by atoms with van der Waals surface area (Å²) in [4.78, 5) is 92.7. The van der Waals surface area contributed by atoms with Gasteiger partial charge in [-0.1, -0.05) is 60.7 Å². The van der Waals surface area contributed by atoms with E-state index in [0.717, 1.165) is 226 Å². The van der Waals surface area contributed by atoms with Gasteiger partial charge in [0.1, 0.15) is 11.6 Å². The molecule has 10 amide bonds. The maximum atomic E-state index is 13.4. The molecule has 9 heterocycles. The first-order valence-electron chi connectivity index (χ1n) is 41.1. The van der Waals surface area contributed by atoms with Crippen LogP contribution in [0.4, 0.5) is 44.1 Å². The summed E-state index contributed by atoms with van der Waals surface area (Å²) >= 11 is 0. The molecule has 2 atom stereocenters. The third-order valence-electron chi connectivity index (χ3n) is 23.6. The summed E-state index contributed by atoms with van der Waals surface area (Å²) in [5.74, 6) is -0.583. The first-order valence-corrected chi connectivity index (χ1v) is 41.1. The van der Waals surface area contributed by atoms with Crippen molar-refractivity contribution in [2.45, 2.75) is 158 Å². The second kappa shape index (κ2) is 44.2. The van der Waals surface area contributed by atoms with Crippen molar-refractivity contribution in [2.24, 2.45) is 11.8 Å². The molecule has 1 aliphatic carbocycles. The van der Waals surface area contributed by atoms with Crippen molar-refractivity contribution in [3.05, 3.63) is 155 Å². The highest BCUT2D eigenvalue weighted by molar-refractivity contribution is 5.94. The maximum absolute atomic E-state index is 13.4. The molecule has 608 valence electrons. The van der Waals surface area contributed by atoms with Gasteiger partial charge in [-0.3, -0.25) is 4.90 Å². The molecule has 0 spiro atoms. The minimum Gasteiger partial charge on any atom is -0.465 e. The Kier molecular flexibility index (Phi) is 33.8. The van der Waals surface area contributed by atoms with Crippen LogP contribution >= 0.6 is 0 Å². The molecular weight excluding hydrogens is 1410 g/mol. The zero-order valence-electron chi connectivity index (χ0n) is 66.9. The quantitative estimate of drug-likeness (QED) is 0.0545. The van der Waals surface area contributed by atoms with Crippen LogP contribution in [0.1, 0.15) is 136 Å². The number of piperidine rings is 7. The van der Waals surface area contributed by atoms with Gasteiger partial charge in [0.2, 0.25) is 0 Å². The average Bonchev–Trinajstić information content (AvgIpc) is 0.917. The fourth-order valence-corrected chi connectivity index (χ4v) is 16.5. The number of halogens is 2. The van der Waals surface area contributed by atoms with Gasteiger partial charge in [0.05, 0.1) is 18.4 Å². The van der Waals surface area contributed by atoms with Crippen LogP contribution in [0.25, 0.3) is 0 Å². The molecule has 111 heavy (non-hydrogen) atoms. The molecule has 0 saturated carbocycles. The number of anilines is 2. The topological polar surface area (TPSA) is 230 Å². The van der Waals surface area contributed by atoms with Crippen molar-refractivity contribution in [2.75, 3.05) is 171 Å². The van der Waals surface area contributed by atoms with Crippen LogP contribution in [-0.2, 0) is 24.1 Å². The number of carbonyl (C=O) groups is 6. The van der Waals surface area contributed by atoms with Gasteiger partial charge in [-0.25, -0.2) is 37.5 Å². The number of urea groups is 5. The molecule has 7 N–H and O–H groups in total. The number of hydrogen-bond acceptors (Lipinski definition) is 13. The Balaban J connectivity index is 0.000000148. The molecule has 8 fully saturated rings. The van der Waals surface area contributed by atoms with Gasteiger partial charge < -0.3 is 85.7 Å². The van der Waals surface area contributed by atoms with Crippen LogP contribution in [0.15, 0.2) is 122 Å². The van der Waals surface area contributed by atoms with Gasteiger partial charge in [-0.2, -0.15) is 0 Å². The number of nitrogens with zero attached hydrogens (tertiary/aromatic N) is 10. The van der Waals surface area contributed by atoms with Crippen LogP contribution in [-0.4, -0.2) is 275 Å². The number of fused-ring (bicyclic) bond motifs is 1. The number of nitrogens with one attached hydrogen (secondary N) is 7. The Morgan fingerprint density at radius 3 is 1.44 bits per heavy atom. The highest BCUT2D eigenvalue weighted by Gasteiger charge is 2.33. The Morgan fingerprint density at radius 1 is 0.432 bits per heavy atom. The van der Waals surface area contributed by atoms with Crippen LogP contribution in [0.3, 0.4) is 0 Å². The Hall–Kier alpha value is -8.40. The molecule has 24 nitrogen and oxygen atoms in total. The monoisotopic (exact) mass is 1540 g/mol. The van der Waals surface area contributed by atoms with Gasteiger partial charge >= 0.3 is 36.1 Å². The predicted molar refractivity (Wildman–Crippen MR) is 435 cm³/mol. The third-order valence-corrected chi connectivity index (χ3v) is 23.6.